The maximum Gasteiger partial charge on any atom is 0.243 e. The van der Waals surface area contributed by atoms with Crippen LogP contribution in [0.3, 0.4) is 0 Å². The molecule has 0 saturated heterocycles. The molecule has 0 radical (unpaired) electrons. The van der Waals surface area contributed by atoms with Crippen LogP contribution in [-0.2, 0) is 16.6 Å². The fourth-order valence-electron chi connectivity index (χ4n) is 1.93. The van der Waals surface area contributed by atoms with Gasteiger partial charge in [-0.05, 0) is 35.9 Å². The summed E-state index contributed by atoms with van der Waals surface area (Å²) in [6.07, 6.45) is 0. The van der Waals surface area contributed by atoms with Crippen molar-refractivity contribution in [2.45, 2.75) is 11.4 Å². The molecule has 22 heavy (non-hydrogen) atoms. The smallest absolute Gasteiger partial charge is 0.243 e. The molecule has 0 spiro atoms. The fraction of sp³-hybridized carbons (Fsp3) is 0.200. The van der Waals surface area contributed by atoms with Crippen LogP contribution in [0.25, 0.3) is 0 Å². The minimum atomic E-state index is -3.66. The zero-order valence-electron chi connectivity index (χ0n) is 12.1. The zero-order chi connectivity index (χ0) is 16.3. The first-order valence-electron chi connectivity index (χ1n) is 6.38. The summed E-state index contributed by atoms with van der Waals surface area (Å²) in [4.78, 5) is 0.0704. The van der Waals surface area contributed by atoms with E-state index >= 15 is 0 Å². The van der Waals surface area contributed by atoms with Crippen LogP contribution in [-0.4, -0.2) is 26.9 Å². The van der Waals surface area contributed by atoms with E-state index < -0.39 is 10.0 Å². The summed E-state index contributed by atoms with van der Waals surface area (Å²) in [5.74, 6) is 0.718. The van der Waals surface area contributed by atoms with Gasteiger partial charge in [-0.25, -0.2) is 8.42 Å². The summed E-state index contributed by atoms with van der Waals surface area (Å²) in [5.41, 5.74) is 0.847. The van der Waals surface area contributed by atoms with Crippen molar-refractivity contribution in [2.75, 3.05) is 14.2 Å². The molecule has 0 aromatic heterocycles. The Kier molecular flexibility index (Phi) is 5.34. The normalized spacial score (nSPS) is 11.7. The van der Waals surface area contributed by atoms with E-state index in [2.05, 4.69) is 0 Å². The highest BCUT2D eigenvalue weighted by Gasteiger charge is 2.22. The number of methoxy groups -OCH3 is 1. The summed E-state index contributed by atoms with van der Waals surface area (Å²) >= 11 is 11.7. The predicted molar refractivity (Wildman–Crippen MR) is 88.1 cm³/mol. The second-order valence-corrected chi connectivity index (χ2v) is 7.63. The third kappa shape index (κ3) is 3.93. The first kappa shape index (κ1) is 17.1. The lowest BCUT2D eigenvalue weighted by molar-refractivity contribution is 0.414. The monoisotopic (exact) mass is 359 g/mol. The van der Waals surface area contributed by atoms with Crippen molar-refractivity contribution in [3.8, 4) is 5.75 Å². The van der Waals surface area contributed by atoms with Crippen LogP contribution in [0.5, 0.6) is 5.75 Å². The molecule has 0 heterocycles. The summed E-state index contributed by atoms with van der Waals surface area (Å²) in [6, 6.07) is 11.5. The molecule has 4 nitrogen and oxygen atoms in total. The summed E-state index contributed by atoms with van der Waals surface area (Å²) in [5, 5.41) is 0.563. The highest BCUT2D eigenvalue weighted by atomic mass is 35.5. The molecule has 0 unspecified atom stereocenters. The number of rotatable bonds is 5. The SMILES string of the molecule is COc1ccc(CN(C)S(=O)(=O)c2cc(Cl)cc(Cl)c2)cc1. The van der Waals surface area contributed by atoms with Gasteiger partial charge in [-0.2, -0.15) is 4.31 Å². The largest absolute Gasteiger partial charge is 0.497 e. The summed E-state index contributed by atoms with van der Waals surface area (Å²) < 4.78 is 31.4. The number of nitrogens with zero attached hydrogens (tertiary/aromatic N) is 1. The maximum atomic E-state index is 12.5. The number of halogens is 2. The lowest BCUT2D eigenvalue weighted by atomic mass is 10.2. The Labute approximate surface area is 140 Å². The van der Waals surface area contributed by atoms with Gasteiger partial charge in [0.15, 0.2) is 0 Å². The molecule has 118 valence electrons. The van der Waals surface area contributed by atoms with Gasteiger partial charge in [0.05, 0.1) is 12.0 Å². The van der Waals surface area contributed by atoms with Crippen LogP contribution >= 0.6 is 23.2 Å². The molecule has 0 amide bonds. The van der Waals surface area contributed by atoms with Crippen LogP contribution in [0.15, 0.2) is 47.4 Å². The highest BCUT2D eigenvalue weighted by Crippen LogP contribution is 2.25. The molecule has 0 atom stereocenters. The highest BCUT2D eigenvalue weighted by molar-refractivity contribution is 7.89. The predicted octanol–water partition coefficient (Wildman–Crippen LogP) is 3.82. The molecule has 2 aromatic carbocycles. The average Bonchev–Trinajstić information content (AvgIpc) is 2.47. The number of sulfonamides is 1. The fourth-order valence-corrected chi connectivity index (χ4v) is 3.82. The second kappa shape index (κ2) is 6.87. The van der Waals surface area contributed by atoms with Gasteiger partial charge in [0, 0.05) is 23.6 Å². The van der Waals surface area contributed by atoms with Gasteiger partial charge < -0.3 is 4.74 Å². The molecule has 0 bridgehead atoms. The van der Waals surface area contributed by atoms with Gasteiger partial charge in [0.1, 0.15) is 5.75 Å². The summed E-state index contributed by atoms with van der Waals surface area (Å²) in [6.45, 7) is 0.233. The van der Waals surface area contributed by atoms with E-state index in [1.54, 1.807) is 19.2 Å². The van der Waals surface area contributed by atoms with Gasteiger partial charge in [0.2, 0.25) is 10.0 Å². The van der Waals surface area contributed by atoms with Crippen molar-refractivity contribution in [3.05, 3.63) is 58.1 Å². The number of ether oxygens (including phenoxy) is 1. The van der Waals surface area contributed by atoms with Gasteiger partial charge in [-0.1, -0.05) is 35.3 Å². The molecule has 2 aromatic rings. The number of hydrogen-bond acceptors (Lipinski definition) is 3. The van der Waals surface area contributed by atoms with Gasteiger partial charge in [0.25, 0.3) is 0 Å². The molecule has 0 aliphatic heterocycles. The van der Waals surface area contributed by atoms with Crippen molar-refractivity contribution in [2.24, 2.45) is 0 Å². The minimum Gasteiger partial charge on any atom is -0.497 e. The van der Waals surface area contributed by atoms with E-state index in [0.717, 1.165) is 11.3 Å². The maximum absolute atomic E-state index is 12.5. The molecule has 7 heteroatoms. The van der Waals surface area contributed by atoms with Gasteiger partial charge in [-0.15, -0.1) is 0 Å². The first-order chi connectivity index (χ1) is 10.3. The molecular weight excluding hydrogens is 345 g/mol. The lowest BCUT2D eigenvalue weighted by Gasteiger charge is -2.18. The van der Waals surface area contributed by atoms with Crippen molar-refractivity contribution >= 4 is 33.2 Å². The minimum absolute atomic E-state index is 0.0704. The van der Waals surface area contributed by atoms with Crippen LogP contribution < -0.4 is 4.74 Å². The molecule has 0 aliphatic rings. The average molecular weight is 360 g/mol. The Morgan fingerprint density at radius 3 is 2.09 bits per heavy atom. The second-order valence-electron chi connectivity index (χ2n) is 4.71. The molecule has 0 N–H and O–H groups in total. The van der Waals surface area contributed by atoms with E-state index in [1.165, 1.54) is 29.6 Å². The molecule has 0 saturated carbocycles. The van der Waals surface area contributed by atoms with E-state index in [1.807, 2.05) is 12.1 Å². The van der Waals surface area contributed by atoms with Crippen LogP contribution in [0.4, 0.5) is 0 Å². The lowest BCUT2D eigenvalue weighted by Crippen LogP contribution is -2.26. The molecule has 0 aliphatic carbocycles. The summed E-state index contributed by atoms with van der Waals surface area (Å²) in [7, 11) is -0.579. The zero-order valence-corrected chi connectivity index (χ0v) is 14.4. The molecule has 0 fully saturated rings. The molecular formula is C15H15Cl2NO3S. The Morgan fingerprint density at radius 1 is 1.05 bits per heavy atom. The number of benzene rings is 2. The topological polar surface area (TPSA) is 46.6 Å². The first-order valence-corrected chi connectivity index (χ1v) is 8.58. The van der Waals surface area contributed by atoms with Crippen molar-refractivity contribution < 1.29 is 13.2 Å². The number of hydrogen-bond donors (Lipinski definition) is 0. The van der Waals surface area contributed by atoms with E-state index in [0.29, 0.717) is 0 Å². The molecule has 2 rings (SSSR count). The Hall–Kier alpha value is -1.27. The Bertz CT molecular complexity index is 741. The quantitative estimate of drug-likeness (QED) is 0.814. The Morgan fingerprint density at radius 2 is 1.59 bits per heavy atom. The van der Waals surface area contributed by atoms with E-state index in [4.69, 9.17) is 27.9 Å². The van der Waals surface area contributed by atoms with Crippen LogP contribution in [0.1, 0.15) is 5.56 Å². The van der Waals surface area contributed by atoms with Crippen molar-refractivity contribution in [1.82, 2.24) is 4.31 Å². The van der Waals surface area contributed by atoms with Crippen molar-refractivity contribution in [3.63, 3.8) is 0 Å². The van der Waals surface area contributed by atoms with E-state index in [9.17, 15) is 8.42 Å². The Balaban J connectivity index is 2.24. The standard InChI is InChI=1S/C15H15Cl2NO3S/c1-18(10-11-3-5-14(21-2)6-4-11)22(19,20)15-8-12(16)7-13(17)9-15/h3-9H,10H2,1-2H3. The van der Waals surface area contributed by atoms with Crippen molar-refractivity contribution in [1.29, 1.82) is 0 Å². The van der Waals surface area contributed by atoms with Gasteiger partial charge >= 0.3 is 0 Å². The van der Waals surface area contributed by atoms with Gasteiger partial charge in [-0.3, -0.25) is 0 Å². The third-order valence-corrected chi connectivity index (χ3v) is 5.33. The van der Waals surface area contributed by atoms with Crippen LogP contribution in [0, 0.1) is 0 Å². The van der Waals surface area contributed by atoms with E-state index in [-0.39, 0.29) is 21.5 Å². The van der Waals surface area contributed by atoms with Crippen LogP contribution in [0.2, 0.25) is 10.0 Å². The third-order valence-electron chi connectivity index (χ3n) is 3.11.